The zero-order valence-electron chi connectivity index (χ0n) is 28.4. The number of rotatable bonds is 6. The number of benzene rings is 9. The quantitative estimate of drug-likeness (QED) is 0.176. The molecule has 0 aliphatic rings. The van der Waals surface area contributed by atoms with Crippen LogP contribution in [-0.2, 0) is 0 Å². The zero-order chi connectivity index (χ0) is 34.4. The van der Waals surface area contributed by atoms with E-state index in [0.29, 0.717) is 0 Å². The summed E-state index contributed by atoms with van der Waals surface area (Å²) in [5, 5.41) is 7.19. The highest BCUT2D eigenvalue weighted by Gasteiger charge is 2.20. The third kappa shape index (κ3) is 5.30. The summed E-state index contributed by atoms with van der Waals surface area (Å²) in [5.41, 5.74) is 12.2. The Morgan fingerprint density at radius 2 is 0.827 bits per heavy atom. The van der Waals surface area contributed by atoms with Gasteiger partial charge in [-0.15, -0.1) is 0 Å². The number of para-hydroxylation sites is 1. The topological polar surface area (TPSA) is 16.4 Å². The summed E-state index contributed by atoms with van der Waals surface area (Å²) in [7, 11) is 0. The average molecular weight is 664 g/mol. The summed E-state index contributed by atoms with van der Waals surface area (Å²) in [4.78, 5) is 2.36. The Labute approximate surface area is 302 Å². The van der Waals surface area contributed by atoms with Gasteiger partial charge in [-0.05, 0) is 116 Å². The van der Waals surface area contributed by atoms with Crippen molar-refractivity contribution >= 4 is 60.5 Å². The summed E-state index contributed by atoms with van der Waals surface area (Å²) >= 11 is 0. The van der Waals surface area contributed by atoms with E-state index in [1.165, 1.54) is 54.9 Å². The smallest absolute Gasteiger partial charge is 0.137 e. The maximum atomic E-state index is 6.34. The minimum atomic E-state index is 0.875. The van der Waals surface area contributed by atoms with Crippen LogP contribution >= 0.6 is 0 Å². The maximum absolute atomic E-state index is 6.34. The molecule has 10 rings (SSSR count). The van der Waals surface area contributed by atoms with Crippen LogP contribution in [0.25, 0.3) is 76.9 Å². The van der Waals surface area contributed by atoms with Crippen molar-refractivity contribution < 1.29 is 4.42 Å². The van der Waals surface area contributed by atoms with E-state index in [4.69, 9.17) is 4.42 Å². The van der Waals surface area contributed by atoms with Crippen LogP contribution in [0.1, 0.15) is 0 Å². The van der Waals surface area contributed by atoms with Gasteiger partial charge in [0.25, 0.3) is 0 Å². The lowest BCUT2D eigenvalue weighted by Crippen LogP contribution is -2.10. The normalized spacial score (nSPS) is 11.5. The van der Waals surface area contributed by atoms with Crippen molar-refractivity contribution in [2.24, 2.45) is 0 Å². The van der Waals surface area contributed by atoms with Crippen molar-refractivity contribution in [2.45, 2.75) is 0 Å². The fourth-order valence-electron chi connectivity index (χ4n) is 7.60. The first-order chi connectivity index (χ1) is 25.7. The molecule has 0 saturated heterocycles. The number of anilines is 3. The first-order valence-electron chi connectivity index (χ1n) is 17.7. The van der Waals surface area contributed by atoms with E-state index in [-0.39, 0.29) is 0 Å². The Kier molecular flexibility index (Phi) is 7.18. The van der Waals surface area contributed by atoms with Crippen LogP contribution in [-0.4, -0.2) is 0 Å². The van der Waals surface area contributed by atoms with Crippen molar-refractivity contribution in [1.82, 2.24) is 0 Å². The van der Waals surface area contributed by atoms with E-state index in [0.717, 1.165) is 39.0 Å². The zero-order valence-corrected chi connectivity index (χ0v) is 28.4. The molecule has 0 unspecified atom stereocenters. The van der Waals surface area contributed by atoms with E-state index in [9.17, 15) is 0 Å². The molecular weight excluding hydrogens is 631 g/mol. The second-order valence-corrected chi connectivity index (χ2v) is 13.4. The predicted molar refractivity (Wildman–Crippen MR) is 220 cm³/mol. The van der Waals surface area contributed by atoms with E-state index < -0.39 is 0 Å². The van der Waals surface area contributed by atoms with E-state index >= 15 is 0 Å². The summed E-state index contributed by atoms with van der Waals surface area (Å²) < 4.78 is 6.34. The van der Waals surface area contributed by atoms with Crippen molar-refractivity contribution in [1.29, 1.82) is 0 Å². The fourth-order valence-corrected chi connectivity index (χ4v) is 7.60. The van der Waals surface area contributed by atoms with Gasteiger partial charge in [-0.3, -0.25) is 0 Å². The molecule has 52 heavy (non-hydrogen) atoms. The van der Waals surface area contributed by atoms with Gasteiger partial charge in [-0.2, -0.15) is 0 Å². The lowest BCUT2D eigenvalue weighted by Gasteiger charge is -2.27. The van der Waals surface area contributed by atoms with Crippen LogP contribution in [0.3, 0.4) is 0 Å². The van der Waals surface area contributed by atoms with Crippen molar-refractivity contribution in [3.63, 3.8) is 0 Å². The Hall–Kier alpha value is -6.90. The molecule has 9 aromatic carbocycles. The highest BCUT2D eigenvalue weighted by molar-refractivity contribution is 6.13. The first-order valence-corrected chi connectivity index (χ1v) is 17.7. The summed E-state index contributed by atoms with van der Waals surface area (Å²) in [5.74, 6) is 0. The molecule has 0 saturated carbocycles. The van der Waals surface area contributed by atoms with E-state index in [1.807, 2.05) is 12.1 Å². The highest BCUT2D eigenvalue weighted by atomic mass is 16.3. The van der Waals surface area contributed by atoms with Gasteiger partial charge in [0.2, 0.25) is 0 Å². The van der Waals surface area contributed by atoms with Crippen LogP contribution in [0, 0.1) is 0 Å². The molecule has 0 amide bonds. The SMILES string of the molecule is c1ccc(-c2cccc(N(c3ccc(-c4ccc5cc(-c6ccc7ccccc7c6)ccc5c4)cc3)c3cccc4oc5ccccc5c34)c2)cc1. The molecule has 1 aromatic heterocycles. The minimum Gasteiger partial charge on any atom is -0.456 e. The summed E-state index contributed by atoms with van der Waals surface area (Å²) in [6, 6.07) is 71.8. The van der Waals surface area contributed by atoms with Gasteiger partial charge in [0, 0.05) is 16.8 Å². The van der Waals surface area contributed by atoms with E-state index in [2.05, 4.69) is 193 Å². The lowest BCUT2D eigenvalue weighted by molar-refractivity contribution is 0.669. The Bertz CT molecular complexity index is 2900. The van der Waals surface area contributed by atoms with Gasteiger partial charge >= 0.3 is 0 Å². The Morgan fingerprint density at radius 3 is 1.60 bits per heavy atom. The molecule has 244 valence electrons. The molecule has 0 bridgehead atoms. The Morgan fingerprint density at radius 1 is 0.308 bits per heavy atom. The second-order valence-electron chi connectivity index (χ2n) is 13.4. The van der Waals surface area contributed by atoms with Crippen molar-refractivity contribution in [2.75, 3.05) is 4.90 Å². The number of nitrogens with zero attached hydrogens (tertiary/aromatic N) is 1. The summed E-state index contributed by atoms with van der Waals surface area (Å²) in [6.07, 6.45) is 0. The molecule has 0 radical (unpaired) electrons. The van der Waals surface area contributed by atoms with Gasteiger partial charge in [0.15, 0.2) is 0 Å². The fraction of sp³-hybridized carbons (Fsp3) is 0. The molecule has 0 fully saturated rings. The molecule has 2 heteroatoms. The molecule has 0 aliphatic carbocycles. The van der Waals surface area contributed by atoms with Gasteiger partial charge in [0.1, 0.15) is 11.2 Å². The molecule has 0 spiro atoms. The van der Waals surface area contributed by atoms with Gasteiger partial charge in [-0.1, -0.05) is 140 Å². The Balaban J connectivity index is 1.04. The van der Waals surface area contributed by atoms with Crippen molar-refractivity contribution in [3.05, 3.63) is 200 Å². The van der Waals surface area contributed by atoms with Crippen LogP contribution in [0.2, 0.25) is 0 Å². The standard InChI is InChI=1S/C50H33NO/c1-2-10-34(11-3-1)38-14-8-15-45(33-38)51(47-17-9-19-49-50(47)46-16-6-7-18-48(46)52-49)44-28-26-36(27-29-44)39-22-23-42-32-43(25-24-41(42)31-39)40-21-20-35-12-4-5-13-37(35)30-40/h1-33H. The minimum absolute atomic E-state index is 0.875. The average Bonchev–Trinajstić information content (AvgIpc) is 3.61. The third-order valence-corrected chi connectivity index (χ3v) is 10.2. The van der Waals surface area contributed by atoms with Crippen LogP contribution in [0.4, 0.5) is 17.1 Å². The third-order valence-electron chi connectivity index (χ3n) is 10.2. The summed E-state index contributed by atoms with van der Waals surface area (Å²) in [6.45, 7) is 0. The second kappa shape index (κ2) is 12.5. The van der Waals surface area contributed by atoms with Gasteiger partial charge in [-0.25, -0.2) is 0 Å². The van der Waals surface area contributed by atoms with Gasteiger partial charge in [0.05, 0.1) is 11.1 Å². The van der Waals surface area contributed by atoms with E-state index in [1.54, 1.807) is 0 Å². The molecule has 0 atom stereocenters. The predicted octanol–water partition coefficient (Wildman–Crippen LogP) is 14.4. The largest absolute Gasteiger partial charge is 0.456 e. The number of hydrogen-bond donors (Lipinski definition) is 0. The first kappa shape index (κ1) is 30.0. The van der Waals surface area contributed by atoms with Crippen LogP contribution < -0.4 is 4.90 Å². The molecule has 10 aromatic rings. The molecular formula is C50H33NO. The molecule has 0 aliphatic heterocycles. The van der Waals surface area contributed by atoms with Crippen molar-refractivity contribution in [3.8, 4) is 33.4 Å². The molecule has 2 nitrogen and oxygen atoms in total. The number of furan rings is 1. The molecule has 0 N–H and O–H groups in total. The monoisotopic (exact) mass is 663 g/mol. The maximum Gasteiger partial charge on any atom is 0.137 e. The molecule has 1 heterocycles. The lowest BCUT2D eigenvalue weighted by atomic mass is 9.96. The highest BCUT2D eigenvalue weighted by Crippen LogP contribution is 2.44. The number of hydrogen-bond acceptors (Lipinski definition) is 2. The number of fused-ring (bicyclic) bond motifs is 5. The van der Waals surface area contributed by atoms with Crippen LogP contribution in [0.15, 0.2) is 205 Å². The van der Waals surface area contributed by atoms with Crippen LogP contribution in [0.5, 0.6) is 0 Å². The van der Waals surface area contributed by atoms with Gasteiger partial charge < -0.3 is 9.32 Å².